The van der Waals surface area contributed by atoms with Crippen molar-refractivity contribution in [1.29, 1.82) is 0 Å². The summed E-state index contributed by atoms with van der Waals surface area (Å²) in [4.78, 5) is 12.2. The molecule has 2 heterocycles. The molecule has 1 aliphatic heterocycles. The van der Waals surface area contributed by atoms with Crippen molar-refractivity contribution in [3.63, 3.8) is 0 Å². The fourth-order valence-electron chi connectivity index (χ4n) is 3.02. The van der Waals surface area contributed by atoms with Crippen LogP contribution in [-0.2, 0) is 9.53 Å². The van der Waals surface area contributed by atoms with E-state index >= 15 is 0 Å². The quantitative estimate of drug-likeness (QED) is 0.799. The van der Waals surface area contributed by atoms with Crippen LogP contribution in [0, 0.1) is 0 Å². The van der Waals surface area contributed by atoms with E-state index in [1.54, 1.807) is 0 Å². The lowest BCUT2D eigenvalue weighted by atomic mass is 10.2. The van der Waals surface area contributed by atoms with Gasteiger partial charge < -0.3 is 10.1 Å². The first-order chi connectivity index (χ1) is 10.7. The molecule has 1 aromatic rings. The molecular formula is C14H23N5O2S. The van der Waals surface area contributed by atoms with Crippen LogP contribution in [0.3, 0.4) is 0 Å². The maximum absolute atomic E-state index is 12.2. The van der Waals surface area contributed by atoms with E-state index < -0.39 is 0 Å². The average Bonchev–Trinajstić information content (AvgIpc) is 3.25. The second-order valence-corrected chi connectivity index (χ2v) is 7.29. The highest BCUT2D eigenvalue weighted by Crippen LogP contribution is 2.32. The van der Waals surface area contributed by atoms with E-state index in [1.807, 2.05) is 11.6 Å². The third kappa shape index (κ3) is 3.78. The minimum Gasteiger partial charge on any atom is -0.376 e. The third-order valence-electron chi connectivity index (χ3n) is 4.31. The Labute approximate surface area is 134 Å². The van der Waals surface area contributed by atoms with Gasteiger partial charge in [0.05, 0.1) is 17.4 Å². The molecule has 2 atom stereocenters. The number of carbonyl (C=O) groups is 1. The van der Waals surface area contributed by atoms with Crippen LogP contribution >= 0.6 is 11.8 Å². The van der Waals surface area contributed by atoms with Crippen molar-refractivity contribution in [3.05, 3.63) is 0 Å². The third-order valence-corrected chi connectivity index (χ3v) is 5.36. The molecule has 1 aromatic heterocycles. The summed E-state index contributed by atoms with van der Waals surface area (Å²) < 4.78 is 7.41. The molecule has 2 aliphatic rings. The number of aromatic nitrogens is 4. The Morgan fingerprint density at radius 1 is 1.41 bits per heavy atom. The van der Waals surface area contributed by atoms with Crippen LogP contribution in [0.1, 0.15) is 51.5 Å². The van der Waals surface area contributed by atoms with Crippen LogP contribution in [0.4, 0.5) is 0 Å². The highest BCUT2D eigenvalue weighted by Gasteiger charge is 2.25. The van der Waals surface area contributed by atoms with E-state index in [9.17, 15) is 4.79 Å². The predicted octanol–water partition coefficient (Wildman–Crippen LogP) is 1.56. The second-order valence-electron chi connectivity index (χ2n) is 5.98. The zero-order valence-corrected chi connectivity index (χ0v) is 13.7. The molecule has 7 nitrogen and oxygen atoms in total. The molecule has 1 aliphatic carbocycles. The molecular weight excluding hydrogens is 302 g/mol. The Balaban J connectivity index is 1.51. The van der Waals surface area contributed by atoms with Crippen LogP contribution in [-0.4, -0.2) is 50.6 Å². The summed E-state index contributed by atoms with van der Waals surface area (Å²) >= 11 is 1.43. The monoisotopic (exact) mass is 325 g/mol. The van der Waals surface area contributed by atoms with Gasteiger partial charge >= 0.3 is 0 Å². The molecule has 1 saturated heterocycles. The number of amides is 1. The first kappa shape index (κ1) is 15.7. The minimum absolute atomic E-state index is 0.0153. The molecule has 122 valence electrons. The number of carbonyl (C=O) groups excluding carboxylic acids is 1. The molecule has 2 fully saturated rings. The maximum atomic E-state index is 12.2. The van der Waals surface area contributed by atoms with Gasteiger partial charge in [-0.15, -0.1) is 5.10 Å². The molecule has 8 heteroatoms. The summed E-state index contributed by atoms with van der Waals surface area (Å²) in [5.41, 5.74) is 0. The van der Waals surface area contributed by atoms with Crippen molar-refractivity contribution in [3.8, 4) is 0 Å². The van der Waals surface area contributed by atoms with Gasteiger partial charge in [0.2, 0.25) is 11.1 Å². The highest BCUT2D eigenvalue weighted by molar-refractivity contribution is 8.00. The van der Waals surface area contributed by atoms with E-state index in [1.165, 1.54) is 24.6 Å². The lowest BCUT2D eigenvalue weighted by Crippen LogP contribution is -2.36. The Morgan fingerprint density at radius 3 is 2.95 bits per heavy atom. The first-order valence-electron chi connectivity index (χ1n) is 8.08. The number of tetrazole rings is 1. The normalized spacial score (nSPS) is 23.8. The second kappa shape index (κ2) is 7.41. The van der Waals surface area contributed by atoms with Crippen molar-refractivity contribution in [1.82, 2.24) is 25.5 Å². The van der Waals surface area contributed by atoms with Gasteiger partial charge in [-0.2, -0.15) is 0 Å². The molecule has 0 unspecified atom stereocenters. The van der Waals surface area contributed by atoms with Crippen LogP contribution in [0.5, 0.6) is 0 Å². The Bertz CT molecular complexity index is 497. The molecule has 3 rings (SSSR count). The highest BCUT2D eigenvalue weighted by atomic mass is 32.2. The van der Waals surface area contributed by atoms with Gasteiger partial charge in [0.25, 0.3) is 0 Å². The molecule has 0 aromatic carbocycles. The number of hydrogen-bond donors (Lipinski definition) is 1. The first-order valence-corrected chi connectivity index (χ1v) is 8.96. The topological polar surface area (TPSA) is 81.9 Å². The van der Waals surface area contributed by atoms with Crippen molar-refractivity contribution in [2.75, 3.05) is 13.2 Å². The number of nitrogens with zero attached hydrogens (tertiary/aromatic N) is 4. The fraction of sp³-hybridized carbons (Fsp3) is 0.857. The Morgan fingerprint density at radius 2 is 2.23 bits per heavy atom. The minimum atomic E-state index is -0.215. The number of thioether (sulfide) groups is 1. The SMILES string of the molecule is C[C@@H](Sc1nnnn1C1CCCC1)C(=O)NC[C@H]1CCCO1. The standard InChI is InChI=1S/C14H23N5O2S/c1-10(13(20)15-9-12-7-4-8-21-12)22-14-16-17-18-19(14)11-5-2-3-6-11/h10-12H,2-9H2,1H3,(H,15,20)/t10-,12-/m1/s1. The van der Waals surface area contributed by atoms with Crippen molar-refractivity contribution < 1.29 is 9.53 Å². The van der Waals surface area contributed by atoms with Crippen LogP contribution in [0.25, 0.3) is 0 Å². The lowest BCUT2D eigenvalue weighted by Gasteiger charge is -2.15. The fourth-order valence-corrected chi connectivity index (χ4v) is 3.90. The Kier molecular flexibility index (Phi) is 5.30. The largest absolute Gasteiger partial charge is 0.376 e. The number of ether oxygens (including phenoxy) is 1. The predicted molar refractivity (Wildman–Crippen MR) is 82.6 cm³/mol. The maximum Gasteiger partial charge on any atom is 0.233 e. The summed E-state index contributed by atoms with van der Waals surface area (Å²) in [6.45, 7) is 3.29. The van der Waals surface area contributed by atoms with Crippen LogP contribution in [0.15, 0.2) is 5.16 Å². The van der Waals surface area contributed by atoms with Gasteiger partial charge in [0.1, 0.15) is 0 Å². The molecule has 1 saturated carbocycles. The van der Waals surface area contributed by atoms with Gasteiger partial charge in [0.15, 0.2) is 0 Å². The summed E-state index contributed by atoms with van der Waals surface area (Å²) in [6.07, 6.45) is 6.99. The summed E-state index contributed by atoms with van der Waals surface area (Å²) in [5.74, 6) is 0.0153. The lowest BCUT2D eigenvalue weighted by molar-refractivity contribution is -0.120. The van der Waals surface area contributed by atoms with E-state index in [4.69, 9.17) is 4.74 Å². The van der Waals surface area contributed by atoms with Gasteiger partial charge in [-0.05, 0) is 43.0 Å². The number of rotatable bonds is 6. The van der Waals surface area contributed by atoms with E-state index in [0.29, 0.717) is 12.6 Å². The molecule has 0 radical (unpaired) electrons. The van der Waals surface area contributed by atoms with Crippen LogP contribution < -0.4 is 5.32 Å². The smallest absolute Gasteiger partial charge is 0.233 e. The molecule has 1 N–H and O–H groups in total. The van der Waals surface area contributed by atoms with E-state index in [0.717, 1.165) is 37.4 Å². The molecule has 1 amide bonds. The average molecular weight is 325 g/mol. The summed E-state index contributed by atoms with van der Waals surface area (Å²) in [6, 6.07) is 0.389. The molecule has 22 heavy (non-hydrogen) atoms. The number of hydrogen-bond acceptors (Lipinski definition) is 6. The van der Waals surface area contributed by atoms with Gasteiger partial charge in [-0.25, -0.2) is 4.68 Å². The Hall–Kier alpha value is -1.15. The summed E-state index contributed by atoms with van der Waals surface area (Å²) in [5, 5.41) is 15.5. The van der Waals surface area contributed by atoms with Gasteiger partial charge in [-0.1, -0.05) is 24.6 Å². The summed E-state index contributed by atoms with van der Waals surface area (Å²) in [7, 11) is 0. The van der Waals surface area contributed by atoms with Gasteiger partial charge in [0, 0.05) is 13.2 Å². The van der Waals surface area contributed by atoms with E-state index in [-0.39, 0.29) is 17.3 Å². The molecule has 0 bridgehead atoms. The van der Waals surface area contributed by atoms with Crippen LogP contribution in [0.2, 0.25) is 0 Å². The van der Waals surface area contributed by atoms with E-state index in [2.05, 4.69) is 20.8 Å². The van der Waals surface area contributed by atoms with Crippen molar-refractivity contribution in [2.45, 2.75) is 68.0 Å². The van der Waals surface area contributed by atoms with Gasteiger partial charge in [-0.3, -0.25) is 4.79 Å². The van der Waals surface area contributed by atoms with Crippen molar-refractivity contribution in [2.24, 2.45) is 0 Å². The zero-order chi connectivity index (χ0) is 15.4. The zero-order valence-electron chi connectivity index (χ0n) is 12.9. The number of nitrogens with one attached hydrogen (secondary N) is 1. The van der Waals surface area contributed by atoms with Crippen molar-refractivity contribution >= 4 is 17.7 Å². The molecule has 0 spiro atoms.